The minimum absolute atomic E-state index is 0.358. The third-order valence-corrected chi connectivity index (χ3v) is 5.85. The highest BCUT2D eigenvalue weighted by atomic mass is 31.1. The third kappa shape index (κ3) is 2.59. The SMILES string of the molecule is CCP(c1cccc(C)c1O)c1cccc(C)c1O. The molecule has 0 spiro atoms. The Bertz CT molecular complexity index is 542. The van der Waals surface area contributed by atoms with E-state index >= 15 is 0 Å². The van der Waals surface area contributed by atoms with Crippen molar-refractivity contribution in [1.29, 1.82) is 0 Å². The molecule has 2 aromatic carbocycles. The van der Waals surface area contributed by atoms with Gasteiger partial charge in [-0.1, -0.05) is 43.3 Å². The Morgan fingerprint density at radius 1 is 0.842 bits per heavy atom. The standard InChI is InChI=1S/C16H19O2P/c1-4-19(13-9-5-7-11(2)15(13)17)14-10-6-8-12(3)16(14)18/h5-10,17-18H,4H2,1-3H3. The molecule has 0 aliphatic rings. The molecule has 2 N–H and O–H groups in total. The van der Waals surface area contributed by atoms with Crippen molar-refractivity contribution in [2.75, 3.05) is 6.16 Å². The highest BCUT2D eigenvalue weighted by Gasteiger charge is 2.19. The zero-order valence-electron chi connectivity index (χ0n) is 11.5. The Labute approximate surface area is 115 Å². The van der Waals surface area contributed by atoms with Crippen LogP contribution >= 0.6 is 7.92 Å². The maximum absolute atomic E-state index is 10.3. The van der Waals surface area contributed by atoms with E-state index in [1.54, 1.807) is 0 Å². The fourth-order valence-corrected chi connectivity index (χ4v) is 4.53. The molecular formula is C16H19O2P. The van der Waals surface area contributed by atoms with Gasteiger partial charge in [0.05, 0.1) is 0 Å². The molecule has 19 heavy (non-hydrogen) atoms. The van der Waals surface area contributed by atoms with Gasteiger partial charge in [0, 0.05) is 10.6 Å². The Hall–Kier alpha value is -1.53. The van der Waals surface area contributed by atoms with E-state index in [0.29, 0.717) is 11.5 Å². The molecule has 0 bridgehead atoms. The molecule has 0 atom stereocenters. The third-order valence-electron chi connectivity index (χ3n) is 3.33. The smallest absolute Gasteiger partial charge is 0.126 e. The normalized spacial score (nSPS) is 10.9. The summed E-state index contributed by atoms with van der Waals surface area (Å²) in [5, 5.41) is 22.4. The van der Waals surface area contributed by atoms with Crippen LogP contribution in [0.5, 0.6) is 11.5 Å². The van der Waals surface area contributed by atoms with Crippen molar-refractivity contribution in [3.8, 4) is 11.5 Å². The van der Waals surface area contributed by atoms with Crippen molar-refractivity contribution in [1.82, 2.24) is 0 Å². The van der Waals surface area contributed by atoms with Gasteiger partial charge in [0.1, 0.15) is 11.5 Å². The second kappa shape index (κ2) is 5.63. The van der Waals surface area contributed by atoms with Gasteiger partial charge >= 0.3 is 0 Å². The summed E-state index contributed by atoms with van der Waals surface area (Å²) in [5.41, 5.74) is 1.76. The lowest BCUT2D eigenvalue weighted by molar-refractivity contribution is 0.475. The van der Waals surface area contributed by atoms with Gasteiger partial charge in [0.15, 0.2) is 0 Å². The lowest BCUT2D eigenvalue weighted by Gasteiger charge is -2.20. The summed E-state index contributed by atoms with van der Waals surface area (Å²) in [7, 11) is -0.723. The zero-order valence-corrected chi connectivity index (χ0v) is 12.4. The molecule has 0 radical (unpaired) electrons. The van der Waals surface area contributed by atoms with Gasteiger partial charge in [-0.15, -0.1) is 0 Å². The summed E-state index contributed by atoms with van der Waals surface area (Å²) < 4.78 is 0. The first kappa shape index (κ1) is 13.9. The van der Waals surface area contributed by atoms with Crippen molar-refractivity contribution in [2.45, 2.75) is 20.8 Å². The summed E-state index contributed by atoms with van der Waals surface area (Å²) in [6, 6.07) is 11.6. The van der Waals surface area contributed by atoms with Crippen LogP contribution in [0.1, 0.15) is 18.1 Å². The number of para-hydroxylation sites is 2. The van der Waals surface area contributed by atoms with Crippen LogP contribution in [0.2, 0.25) is 0 Å². The summed E-state index contributed by atoms with van der Waals surface area (Å²) >= 11 is 0. The van der Waals surface area contributed by atoms with E-state index in [4.69, 9.17) is 0 Å². The number of aromatic hydroxyl groups is 2. The van der Waals surface area contributed by atoms with Crippen molar-refractivity contribution < 1.29 is 10.2 Å². The number of aryl methyl sites for hydroxylation is 2. The van der Waals surface area contributed by atoms with E-state index in [0.717, 1.165) is 27.9 Å². The van der Waals surface area contributed by atoms with E-state index < -0.39 is 7.92 Å². The Morgan fingerprint density at radius 2 is 1.26 bits per heavy atom. The summed E-state index contributed by atoms with van der Waals surface area (Å²) in [4.78, 5) is 0. The van der Waals surface area contributed by atoms with Crippen LogP contribution in [0, 0.1) is 13.8 Å². The quantitative estimate of drug-likeness (QED) is 0.844. The second-order valence-corrected chi connectivity index (χ2v) is 7.08. The number of phenols is 2. The maximum atomic E-state index is 10.3. The predicted molar refractivity (Wildman–Crippen MR) is 82.4 cm³/mol. The average molecular weight is 274 g/mol. The molecule has 0 saturated carbocycles. The molecule has 3 heteroatoms. The first-order valence-corrected chi connectivity index (χ1v) is 7.93. The zero-order chi connectivity index (χ0) is 14.0. The van der Waals surface area contributed by atoms with E-state index in [-0.39, 0.29) is 0 Å². The molecule has 0 aliphatic heterocycles. The van der Waals surface area contributed by atoms with E-state index in [1.807, 2.05) is 50.2 Å². The lowest BCUT2D eigenvalue weighted by Crippen LogP contribution is -2.15. The highest BCUT2D eigenvalue weighted by molar-refractivity contribution is 7.73. The Balaban J connectivity index is 2.57. The van der Waals surface area contributed by atoms with Crippen LogP contribution in [0.25, 0.3) is 0 Å². The second-order valence-electron chi connectivity index (χ2n) is 4.63. The van der Waals surface area contributed by atoms with Crippen LogP contribution in [-0.2, 0) is 0 Å². The van der Waals surface area contributed by atoms with Crippen LogP contribution in [0.15, 0.2) is 36.4 Å². The number of hydrogen-bond donors (Lipinski definition) is 2. The molecule has 2 rings (SSSR count). The summed E-state index contributed by atoms with van der Waals surface area (Å²) in [6.45, 7) is 5.89. The largest absolute Gasteiger partial charge is 0.507 e. The fourth-order valence-electron chi connectivity index (χ4n) is 2.19. The Morgan fingerprint density at radius 3 is 1.63 bits per heavy atom. The van der Waals surface area contributed by atoms with E-state index in [2.05, 4.69) is 6.92 Å². The Kier molecular flexibility index (Phi) is 4.11. The van der Waals surface area contributed by atoms with E-state index in [9.17, 15) is 10.2 Å². The van der Waals surface area contributed by atoms with Gasteiger partial charge in [-0.3, -0.25) is 0 Å². The topological polar surface area (TPSA) is 40.5 Å². The molecule has 2 nitrogen and oxygen atoms in total. The summed E-state index contributed by atoms with van der Waals surface area (Å²) in [6.07, 6.45) is 0.892. The first-order valence-electron chi connectivity index (χ1n) is 6.41. The van der Waals surface area contributed by atoms with Crippen LogP contribution < -0.4 is 10.6 Å². The molecule has 2 aromatic rings. The minimum Gasteiger partial charge on any atom is -0.507 e. The number of rotatable bonds is 3. The maximum Gasteiger partial charge on any atom is 0.126 e. The molecule has 0 aliphatic carbocycles. The minimum atomic E-state index is -0.723. The van der Waals surface area contributed by atoms with Gasteiger partial charge < -0.3 is 10.2 Å². The average Bonchev–Trinajstić information content (AvgIpc) is 2.40. The van der Waals surface area contributed by atoms with Crippen molar-refractivity contribution in [3.63, 3.8) is 0 Å². The first-order chi connectivity index (χ1) is 9.06. The van der Waals surface area contributed by atoms with Gasteiger partial charge in [0.2, 0.25) is 0 Å². The lowest BCUT2D eigenvalue weighted by atomic mass is 10.2. The number of hydrogen-bond acceptors (Lipinski definition) is 2. The number of benzene rings is 2. The predicted octanol–water partition coefficient (Wildman–Crippen LogP) is 3.17. The van der Waals surface area contributed by atoms with Gasteiger partial charge in [-0.2, -0.15) is 0 Å². The number of phenolic OH excluding ortho intramolecular Hbond substituents is 2. The molecule has 0 aromatic heterocycles. The van der Waals surface area contributed by atoms with Crippen LogP contribution in [0.3, 0.4) is 0 Å². The molecule has 0 heterocycles. The van der Waals surface area contributed by atoms with Crippen LogP contribution in [-0.4, -0.2) is 16.4 Å². The summed E-state index contributed by atoms with van der Waals surface area (Å²) in [5.74, 6) is 0.715. The molecule has 0 saturated heterocycles. The van der Waals surface area contributed by atoms with Crippen molar-refractivity contribution >= 4 is 18.5 Å². The van der Waals surface area contributed by atoms with Crippen LogP contribution in [0.4, 0.5) is 0 Å². The molecular weight excluding hydrogens is 255 g/mol. The monoisotopic (exact) mass is 274 g/mol. The molecule has 0 amide bonds. The molecule has 100 valence electrons. The van der Waals surface area contributed by atoms with Crippen molar-refractivity contribution in [2.24, 2.45) is 0 Å². The van der Waals surface area contributed by atoms with Gasteiger partial charge in [0.25, 0.3) is 0 Å². The molecule has 0 fully saturated rings. The van der Waals surface area contributed by atoms with Crippen molar-refractivity contribution in [3.05, 3.63) is 47.5 Å². The fraction of sp³-hybridized carbons (Fsp3) is 0.250. The highest BCUT2D eigenvalue weighted by Crippen LogP contribution is 2.40. The van der Waals surface area contributed by atoms with E-state index in [1.165, 1.54) is 0 Å². The van der Waals surface area contributed by atoms with Gasteiger partial charge in [-0.05, 0) is 39.1 Å². The molecule has 0 unspecified atom stereocenters. The van der Waals surface area contributed by atoms with Gasteiger partial charge in [-0.25, -0.2) is 0 Å².